The highest BCUT2D eigenvalue weighted by Crippen LogP contribution is 2.30. The van der Waals surface area contributed by atoms with Crippen molar-refractivity contribution in [3.05, 3.63) is 53.6 Å². The van der Waals surface area contributed by atoms with E-state index in [0.29, 0.717) is 17.2 Å². The van der Waals surface area contributed by atoms with Gasteiger partial charge in [-0.25, -0.2) is 4.99 Å². The van der Waals surface area contributed by atoms with Crippen molar-refractivity contribution in [2.75, 3.05) is 5.88 Å². The van der Waals surface area contributed by atoms with Gasteiger partial charge < -0.3 is 5.73 Å². The lowest BCUT2D eigenvalue weighted by Gasteiger charge is -2.02. The van der Waals surface area contributed by atoms with E-state index in [1.807, 2.05) is 56.3 Å². The number of amidine groups is 1. The van der Waals surface area contributed by atoms with Crippen molar-refractivity contribution < 1.29 is 0 Å². The molecule has 0 aliphatic carbocycles. The molecule has 108 valence electrons. The van der Waals surface area contributed by atoms with Crippen LogP contribution in [0, 0.1) is 13.8 Å². The quantitative estimate of drug-likeness (QED) is 0.369. The van der Waals surface area contributed by atoms with E-state index in [1.54, 1.807) is 0 Å². The Morgan fingerprint density at radius 2 is 1.62 bits per heavy atom. The summed E-state index contributed by atoms with van der Waals surface area (Å²) in [5.41, 5.74) is 10.1. The van der Waals surface area contributed by atoms with Crippen LogP contribution in [0.3, 0.4) is 0 Å². The molecule has 0 saturated heterocycles. The van der Waals surface area contributed by atoms with E-state index in [9.17, 15) is 0 Å². The third kappa shape index (κ3) is 4.39. The molecule has 0 radical (unpaired) electrons. The first-order valence-electron chi connectivity index (χ1n) is 6.56. The van der Waals surface area contributed by atoms with Crippen LogP contribution in [0.1, 0.15) is 11.1 Å². The van der Waals surface area contributed by atoms with Crippen LogP contribution in [0.4, 0.5) is 17.1 Å². The third-order valence-electron chi connectivity index (χ3n) is 2.84. The Labute approximate surface area is 129 Å². The maximum absolute atomic E-state index is 5.68. The van der Waals surface area contributed by atoms with Gasteiger partial charge in [-0.2, -0.15) is 5.11 Å². The summed E-state index contributed by atoms with van der Waals surface area (Å²) in [6.45, 7) is 4.02. The molecule has 0 aromatic heterocycles. The fourth-order valence-electron chi connectivity index (χ4n) is 1.72. The molecule has 0 bridgehead atoms. The average Bonchev–Trinajstić information content (AvgIpc) is 2.49. The van der Waals surface area contributed by atoms with Gasteiger partial charge >= 0.3 is 0 Å². The van der Waals surface area contributed by atoms with Gasteiger partial charge in [0.2, 0.25) is 0 Å². The highest BCUT2D eigenvalue weighted by Gasteiger charge is 2.02. The molecule has 2 N–H and O–H groups in total. The summed E-state index contributed by atoms with van der Waals surface area (Å²) >= 11 is 5.66. The van der Waals surface area contributed by atoms with Crippen LogP contribution in [-0.2, 0) is 0 Å². The largest absolute Gasteiger partial charge is 0.386 e. The van der Waals surface area contributed by atoms with Gasteiger partial charge in [0.1, 0.15) is 11.5 Å². The Bertz CT molecular complexity index is 675. The van der Waals surface area contributed by atoms with Gasteiger partial charge in [0.05, 0.1) is 17.3 Å². The van der Waals surface area contributed by atoms with Gasteiger partial charge in [0.25, 0.3) is 0 Å². The fraction of sp³-hybridized carbons (Fsp3) is 0.188. The van der Waals surface area contributed by atoms with E-state index >= 15 is 0 Å². The Morgan fingerprint density at radius 1 is 0.952 bits per heavy atom. The second kappa shape index (κ2) is 6.99. The number of hydrogen-bond acceptors (Lipinski definition) is 3. The zero-order chi connectivity index (χ0) is 15.2. The molecule has 2 aromatic carbocycles. The number of aliphatic imine (C=N–C) groups is 1. The van der Waals surface area contributed by atoms with Gasteiger partial charge in [-0.1, -0.05) is 23.8 Å². The van der Waals surface area contributed by atoms with Crippen LogP contribution in [0.25, 0.3) is 0 Å². The van der Waals surface area contributed by atoms with Crippen LogP contribution in [-0.4, -0.2) is 11.7 Å². The molecule has 2 aromatic rings. The predicted molar refractivity (Wildman–Crippen MR) is 88.5 cm³/mol. The van der Waals surface area contributed by atoms with Crippen LogP contribution in [0.15, 0.2) is 57.7 Å². The highest BCUT2D eigenvalue weighted by molar-refractivity contribution is 6.28. The summed E-state index contributed by atoms with van der Waals surface area (Å²) in [5.74, 6) is 0.537. The monoisotopic (exact) mass is 300 g/mol. The Hall–Kier alpha value is -2.20. The van der Waals surface area contributed by atoms with Crippen molar-refractivity contribution in [3.63, 3.8) is 0 Å². The standard InChI is InChI=1S/C16H17ClN4/c1-11-3-6-13(7-4-11)20-21-15-9-12(2)5-8-14(15)19-16(18)10-17/h3-9H,10H2,1-2H3,(H2,18,19). The summed E-state index contributed by atoms with van der Waals surface area (Å²) in [4.78, 5) is 4.25. The number of halogens is 1. The summed E-state index contributed by atoms with van der Waals surface area (Å²) in [7, 11) is 0. The lowest BCUT2D eigenvalue weighted by atomic mass is 10.2. The molecule has 0 unspecified atom stereocenters. The van der Waals surface area contributed by atoms with E-state index in [4.69, 9.17) is 17.3 Å². The predicted octanol–water partition coefficient (Wildman–Crippen LogP) is 4.95. The van der Waals surface area contributed by atoms with E-state index in [2.05, 4.69) is 15.2 Å². The zero-order valence-corrected chi connectivity index (χ0v) is 12.8. The number of benzene rings is 2. The Balaban J connectivity index is 2.34. The molecule has 2 rings (SSSR count). The maximum Gasteiger partial charge on any atom is 0.115 e. The van der Waals surface area contributed by atoms with Crippen LogP contribution in [0.2, 0.25) is 0 Å². The van der Waals surface area contributed by atoms with Gasteiger partial charge in [0.15, 0.2) is 0 Å². The molecule has 0 heterocycles. The average molecular weight is 301 g/mol. The third-order valence-corrected chi connectivity index (χ3v) is 3.11. The SMILES string of the molecule is Cc1ccc(N=Nc2cc(C)ccc2N=C(N)CCl)cc1. The number of aryl methyl sites for hydroxylation is 2. The van der Waals surface area contributed by atoms with E-state index in [-0.39, 0.29) is 5.88 Å². The van der Waals surface area contributed by atoms with Crippen LogP contribution < -0.4 is 5.73 Å². The first-order chi connectivity index (χ1) is 10.1. The van der Waals surface area contributed by atoms with Gasteiger partial charge in [-0.05, 0) is 43.7 Å². The van der Waals surface area contributed by atoms with Crippen LogP contribution in [0.5, 0.6) is 0 Å². The Kier molecular flexibility index (Phi) is 5.06. The summed E-state index contributed by atoms with van der Waals surface area (Å²) < 4.78 is 0. The first-order valence-corrected chi connectivity index (χ1v) is 7.10. The van der Waals surface area contributed by atoms with Crippen molar-refractivity contribution in [2.45, 2.75) is 13.8 Å². The molecule has 0 spiro atoms. The number of alkyl halides is 1. The van der Waals surface area contributed by atoms with Gasteiger partial charge in [0, 0.05) is 0 Å². The first kappa shape index (κ1) is 15.2. The number of nitrogens with two attached hydrogens (primary N) is 1. The Morgan fingerprint density at radius 3 is 2.29 bits per heavy atom. The van der Waals surface area contributed by atoms with Gasteiger partial charge in [-0.3, -0.25) is 0 Å². The minimum absolute atomic E-state index is 0.183. The number of azo groups is 1. The fourth-order valence-corrected chi connectivity index (χ4v) is 1.78. The topological polar surface area (TPSA) is 63.1 Å². The van der Waals surface area contributed by atoms with E-state index < -0.39 is 0 Å². The highest BCUT2D eigenvalue weighted by atomic mass is 35.5. The lowest BCUT2D eigenvalue weighted by molar-refractivity contribution is 1.21. The molecule has 5 heteroatoms. The van der Waals surface area contributed by atoms with Crippen molar-refractivity contribution in [1.29, 1.82) is 0 Å². The lowest BCUT2D eigenvalue weighted by Crippen LogP contribution is -2.12. The minimum atomic E-state index is 0.183. The molecule has 0 atom stereocenters. The second-order valence-electron chi connectivity index (χ2n) is 4.76. The van der Waals surface area contributed by atoms with Crippen molar-refractivity contribution in [2.24, 2.45) is 21.0 Å². The molecular weight excluding hydrogens is 284 g/mol. The number of hydrogen-bond donors (Lipinski definition) is 1. The van der Waals surface area contributed by atoms with Crippen LogP contribution >= 0.6 is 11.6 Å². The maximum atomic E-state index is 5.68. The molecule has 0 fully saturated rings. The number of nitrogens with zero attached hydrogens (tertiary/aromatic N) is 3. The van der Waals surface area contributed by atoms with Crippen molar-refractivity contribution >= 4 is 34.5 Å². The molecule has 0 aliphatic heterocycles. The normalized spacial score (nSPS) is 12.0. The number of rotatable bonds is 4. The zero-order valence-electron chi connectivity index (χ0n) is 12.0. The molecule has 0 amide bonds. The summed E-state index contributed by atoms with van der Waals surface area (Å²) in [6.07, 6.45) is 0. The summed E-state index contributed by atoms with van der Waals surface area (Å²) in [6, 6.07) is 13.6. The second-order valence-corrected chi connectivity index (χ2v) is 5.03. The smallest absolute Gasteiger partial charge is 0.115 e. The molecule has 21 heavy (non-hydrogen) atoms. The summed E-state index contributed by atoms with van der Waals surface area (Å²) in [5, 5.41) is 8.51. The minimum Gasteiger partial charge on any atom is -0.386 e. The van der Waals surface area contributed by atoms with E-state index in [1.165, 1.54) is 5.56 Å². The molecule has 4 nitrogen and oxygen atoms in total. The molecule has 0 saturated carbocycles. The van der Waals surface area contributed by atoms with E-state index in [0.717, 1.165) is 11.3 Å². The van der Waals surface area contributed by atoms with Crippen molar-refractivity contribution in [3.8, 4) is 0 Å². The molecule has 0 aliphatic rings. The molecular formula is C16H17ClN4. The van der Waals surface area contributed by atoms with Crippen molar-refractivity contribution in [1.82, 2.24) is 0 Å². The van der Waals surface area contributed by atoms with Gasteiger partial charge in [-0.15, -0.1) is 16.7 Å².